The van der Waals surface area contributed by atoms with Gasteiger partial charge in [0, 0.05) is 66.0 Å². The molecule has 0 aliphatic carbocycles. The summed E-state index contributed by atoms with van der Waals surface area (Å²) in [5.74, 6) is 2.01. The highest BCUT2D eigenvalue weighted by Crippen LogP contribution is 2.14. The number of rotatable bonds is 11. The molecular formula is C22H38N4O4. The van der Waals surface area contributed by atoms with Crippen LogP contribution in [0.15, 0.2) is 27.8 Å². The Morgan fingerprint density at radius 3 is 2.77 bits per heavy atom. The first-order valence-electron chi connectivity index (χ1n) is 11.3. The monoisotopic (exact) mass is 422 g/mol. The molecule has 0 radical (unpaired) electrons. The van der Waals surface area contributed by atoms with Gasteiger partial charge in [-0.05, 0) is 31.4 Å². The van der Waals surface area contributed by atoms with Crippen molar-refractivity contribution in [2.24, 2.45) is 4.99 Å². The van der Waals surface area contributed by atoms with Crippen LogP contribution in [-0.4, -0.2) is 101 Å². The molecule has 30 heavy (non-hydrogen) atoms. The van der Waals surface area contributed by atoms with E-state index in [1.54, 1.807) is 13.4 Å². The van der Waals surface area contributed by atoms with Crippen LogP contribution < -0.4 is 5.32 Å². The van der Waals surface area contributed by atoms with E-state index < -0.39 is 0 Å². The van der Waals surface area contributed by atoms with E-state index in [9.17, 15) is 0 Å². The predicted molar refractivity (Wildman–Crippen MR) is 117 cm³/mol. The summed E-state index contributed by atoms with van der Waals surface area (Å²) in [4.78, 5) is 9.73. The average molecular weight is 423 g/mol. The molecule has 0 spiro atoms. The summed E-state index contributed by atoms with van der Waals surface area (Å²) in [5, 5.41) is 3.56. The summed E-state index contributed by atoms with van der Waals surface area (Å²) in [7, 11) is 1.73. The Balaban J connectivity index is 1.45. The standard InChI is InChI=1S/C22H38N4O4/c1-27-15-3-17-30-21-6-10-26(11-7-21)22(23-8-5-20-4-2-16-29-20)24-9-12-25-13-18-28-19-14-25/h2,4,16,21H,3,5-15,17-19H2,1H3,(H,23,24). The molecule has 2 aliphatic heterocycles. The number of nitrogens with one attached hydrogen (secondary N) is 1. The molecule has 1 N–H and O–H groups in total. The normalized spacial score (nSPS) is 19.4. The quantitative estimate of drug-likeness (QED) is 0.330. The van der Waals surface area contributed by atoms with E-state index in [4.69, 9.17) is 23.6 Å². The van der Waals surface area contributed by atoms with Gasteiger partial charge < -0.3 is 28.8 Å². The largest absolute Gasteiger partial charge is 0.469 e. The van der Waals surface area contributed by atoms with Crippen LogP contribution in [0.4, 0.5) is 0 Å². The second kappa shape index (κ2) is 13.6. The highest BCUT2D eigenvalue weighted by Gasteiger charge is 2.22. The molecule has 170 valence electrons. The van der Waals surface area contributed by atoms with Crippen LogP contribution in [0.3, 0.4) is 0 Å². The van der Waals surface area contributed by atoms with Gasteiger partial charge in [0.2, 0.25) is 0 Å². The lowest BCUT2D eigenvalue weighted by atomic mass is 10.1. The van der Waals surface area contributed by atoms with Crippen molar-refractivity contribution in [1.82, 2.24) is 15.1 Å². The zero-order valence-electron chi connectivity index (χ0n) is 18.4. The minimum absolute atomic E-state index is 0.343. The van der Waals surface area contributed by atoms with Crippen LogP contribution in [0.5, 0.6) is 0 Å². The molecule has 0 bridgehead atoms. The van der Waals surface area contributed by atoms with E-state index in [2.05, 4.69) is 15.1 Å². The van der Waals surface area contributed by atoms with E-state index in [0.29, 0.717) is 6.10 Å². The van der Waals surface area contributed by atoms with Crippen LogP contribution in [0.1, 0.15) is 25.0 Å². The summed E-state index contributed by atoms with van der Waals surface area (Å²) in [6.45, 7) is 9.74. The number of aliphatic imine (C=N–C) groups is 1. The molecule has 2 aliphatic rings. The Morgan fingerprint density at radius 1 is 1.20 bits per heavy atom. The molecule has 8 heteroatoms. The minimum Gasteiger partial charge on any atom is -0.469 e. The second-order valence-corrected chi connectivity index (χ2v) is 7.82. The number of morpholine rings is 1. The van der Waals surface area contributed by atoms with Gasteiger partial charge in [0.05, 0.1) is 32.1 Å². The molecular weight excluding hydrogens is 384 g/mol. The van der Waals surface area contributed by atoms with Crippen molar-refractivity contribution in [3.05, 3.63) is 24.2 Å². The van der Waals surface area contributed by atoms with Gasteiger partial charge >= 0.3 is 0 Å². The zero-order chi connectivity index (χ0) is 20.9. The van der Waals surface area contributed by atoms with E-state index in [-0.39, 0.29) is 0 Å². The van der Waals surface area contributed by atoms with E-state index in [1.807, 2.05) is 12.1 Å². The van der Waals surface area contributed by atoms with E-state index in [0.717, 1.165) is 110 Å². The number of methoxy groups -OCH3 is 1. The van der Waals surface area contributed by atoms with Crippen molar-refractivity contribution < 1.29 is 18.6 Å². The molecule has 1 aromatic heterocycles. The third-order valence-electron chi connectivity index (χ3n) is 5.60. The third-order valence-corrected chi connectivity index (χ3v) is 5.60. The Morgan fingerprint density at radius 2 is 2.03 bits per heavy atom. The summed E-state index contributed by atoms with van der Waals surface area (Å²) in [6, 6.07) is 3.95. The molecule has 0 amide bonds. The number of hydrogen-bond acceptors (Lipinski definition) is 6. The molecule has 8 nitrogen and oxygen atoms in total. The summed E-state index contributed by atoms with van der Waals surface area (Å²) in [5.41, 5.74) is 0. The van der Waals surface area contributed by atoms with Crippen molar-refractivity contribution in [1.29, 1.82) is 0 Å². The van der Waals surface area contributed by atoms with Gasteiger partial charge in [0.25, 0.3) is 0 Å². The Bertz CT molecular complexity index is 582. The SMILES string of the molecule is COCCCOC1CCN(C(=NCCN2CCOCC2)NCCc2ccco2)CC1. The first-order chi connectivity index (χ1) is 14.8. The fraction of sp³-hybridized carbons (Fsp3) is 0.773. The fourth-order valence-electron chi connectivity index (χ4n) is 3.83. The topological polar surface area (TPSA) is 71.7 Å². The maximum Gasteiger partial charge on any atom is 0.193 e. The lowest BCUT2D eigenvalue weighted by Gasteiger charge is -2.34. The van der Waals surface area contributed by atoms with Crippen LogP contribution in [0, 0.1) is 0 Å². The first kappa shape index (κ1) is 23.1. The van der Waals surface area contributed by atoms with Crippen molar-refractivity contribution in [2.75, 3.05) is 79.4 Å². The van der Waals surface area contributed by atoms with Crippen molar-refractivity contribution in [2.45, 2.75) is 31.8 Å². The second-order valence-electron chi connectivity index (χ2n) is 7.82. The molecule has 0 aromatic carbocycles. The van der Waals surface area contributed by atoms with Gasteiger partial charge in [-0.25, -0.2) is 0 Å². The van der Waals surface area contributed by atoms with Gasteiger partial charge in [-0.3, -0.25) is 9.89 Å². The van der Waals surface area contributed by atoms with Gasteiger partial charge in [0.15, 0.2) is 5.96 Å². The third kappa shape index (κ3) is 8.26. The number of furan rings is 1. The van der Waals surface area contributed by atoms with Gasteiger partial charge in [0.1, 0.15) is 5.76 Å². The lowest BCUT2D eigenvalue weighted by molar-refractivity contribution is 0.00987. The molecule has 2 saturated heterocycles. The summed E-state index contributed by atoms with van der Waals surface area (Å²) in [6.07, 6.45) is 5.96. The van der Waals surface area contributed by atoms with Gasteiger partial charge in [-0.1, -0.05) is 0 Å². The lowest BCUT2D eigenvalue weighted by Crippen LogP contribution is -2.48. The van der Waals surface area contributed by atoms with Crippen molar-refractivity contribution in [3.8, 4) is 0 Å². The fourth-order valence-corrected chi connectivity index (χ4v) is 3.83. The maximum absolute atomic E-state index is 6.01. The number of guanidine groups is 1. The zero-order valence-corrected chi connectivity index (χ0v) is 18.4. The highest BCUT2D eigenvalue weighted by molar-refractivity contribution is 5.80. The maximum atomic E-state index is 6.01. The van der Waals surface area contributed by atoms with Gasteiger partial charge in [-0.2, -0.15) is 0 Å². The predicted octanol–water partition coefficient (Wildman–Crippen LogP) is 1.62. The van der Waals surface area contributed by atoms with Crippen LogP contribution in [0.25, 0.3) is 0 Å². The van der Waals surface area contributed by atoms with Gasteiger partial charge in [-0.15, -0.1) is 0 Å². The molecule has 3 heterocycles. The first-order valence-corrected chi connectivity index (χ1v) is 11.3. The molecule has 1 aromatic rings. The van der Waals surface area contributed by atoms with E-state index in [1.165, 1.54) is 0 Å². The highest BCUT2D eigenvalue weighted by atomic mass is 16.5. The summed E-state index contributed by atoms with van der Waals surface area (Å²) < 4.78 is 22.0. The van der Waals surface area contributed by atoms with E-state index >= 15 is 0 Å². The Labute approximate surface area is 180 Å². The minimum atomic E-state index is 0.343. The number of piperidine rings is 1. The molecule has 3 rings (SSSR count). The Hall–Kier alpha value is -1.61. The smallest absolute Gasteiger partial charge is 0.193 e. The van der Waals surface area contributed by atoms with Crippen LogP contribution >= 0.6 is 0 Å². The average Bonchev–Trinajstić information content (AvgIpc) is 3.30. The molecule has 2 fully saturated rings. The number of nitrogens with zero attached hydrogens (tertiary/aromatic N) is 3. The molecule has 0 unspecified atom stereocenters. The van der Waals surface area contributed by atoms with Crippen LogP contribution in [0.2, 0.25) is 0 Å². The Kier molecular flexibility index (Phi) is 10.5. The number of hydrogen-bond donors (Lipinski definition) is 1. The summed E-state index contributed by atoms with van der Waals surface area (Å²) >= 11 is 0. The number of likely N-dealkylation sites (tertiary alicyclic amines) is 1. The number of ether oxygens (including phenoxy) is 3. The van der Waals surface area contributed by atoms with Crippen LogP contribution in [-0.2, 0) is 20.6 Å². The molecule has 0 atom stereocenters. The molecule has 0 saturated carbocycles. The van der Waals surface area contributed by atoms with Crippen molar-refractivity contribution >= 4 is 5.96 Å². The van der Waals surface area contributed by atoms with Crippen molar-refractivity contribution in [3.63, 3.8) is 0 Å².